The smallest absolute Gasteiger partial charge is 0.170 e. The van der Waals surface area contributed by atoms with Gasteiger partial charge in [0.05, 0.1) is 11.7 Å². The average molecular weight is 426 g/mol. The molecule has 0 amide bonds. The van der Waals surface area contributed by atoms with Gasteiger partial charge in [0.1, 0.15) is 17.6 Å². The molecule has 2 aromatic heterocycles. The standard InChI is InChI=1S/C23H24ClN3OS/c1-3-4-13-27-22(21(26-23(27)29)18-7-5-6-12-25-18)20-11-10-19(28-20)16-9-8-15(2)17(24)14-16/h5-12,14,21-22H,3-4,13H2,1-2H3,(H,26,29)/t21-,22+/m1/s1. The molecule has 1 N–H and O–H groups in total. The Kier molecular flexibility index (Phi) is 5.88. The van der Waals surface area contributed by atoms with E-state index in [1.807, 2.05) is 61.7 Å². The molecule has 0 radical (unpaired) electrons. The van der Waals surface area contributed by atoms with Gasteiger partial charge in [-0.25, -0.2) is 0 Å². The van der Waals surface area contributed by atoms with Gasteiger partial charge in [-0.3, -0.25) is 4.98 Å². The van der Waals surface area contributed by atoms with E-state index in [2.05, 4.69) is 22.1 Å². The molecule has 1 aromatic carbocycles. The van der Waals surface area contributed by atoms with Crippen molar-refractivity contribution in [3.63, 3.8) is 0 Å². The number of halogens is 1. The SMILES string of the molecule is CCCCN1C(=S)N[C@H](c2ccccn2)[C@@H]1c1ccc(-c2ccc(C)c(Cl)c2)o1. The zero-order valence-corrected chi connectivity index (χ0v) is 18.1. The van der Waals surface area contributed by atoms with Crippen LogP contribution >= 0.6 is 23.8 Å². The Morgan fingerprint density at radius 3 is 2.79 bits per heavy atom. The van der Waals surface area contributed by atoms with E-state index in [1.165, 1.54) is 0 Å². The molecule has 150 valence electrons. The van der Waals surface area contributed by atoms with Crippen molar-refractivity contribution in [2.45, 2.75) is 38.8 Å². The first kappa shape index (κ1) is 19.9. The Morgan fingerprint density at radius 1 is 1.21 bits per heavy atom. The predicted molar refractivity (Wildman–Crippen MR) is 121 cm³/mol. The molecule has 2 atom stereocenters. The second-order valence-corrected chi connectivity index (χ2v) is 8.13. The summed E-state index contributed by atoms with van der Waals surface area (Å²) in [5, 5.41) is 4.94. The maximum Gasteiger partial charge on any atom is 0.170 e. The fraction of sp³-hybridized carbons (Fsp3) is 0.304. The van der Waals surface area contributed by atoms with E-state index >= 15 is 0 Å². The number of pyridine rings is 1. The normalized spacial score (nSPS) is 18.9. The maximum absolute atomic E-state index is 6.33. The monoisotopic (exact) mass is 425 g/mol. The molecule has 6 heteroatoms. The minimum atomic E-state index is -0.0545. The van der Waals surface area contributed by atoms with Crippen LogP contribution in [0.15, 0.2) is 59.1 Å². The van der Waals surface area contributed by atoms with Crippen molar-refractivity contribution >= 4 is 28.9 Å². The van der Waals surface area contributed by atoms with Crippen molar-refractivity contribution in [2.75, 3.05) is 6.54 Å². The summed E-state index contributed by atoms with van der Waals surface area (Å²) < 4.78 is 6.33. The van der Waals surface area contributed by atoms with Crippen LogP contribution in [0.5, 0.6) is 0 Å². The van der Waals surface area contributed by atoms with Crippen LogP contribution in [-0.4, -0.2) is 21.5 Å². The first-order valence-electron chi connectivity index (χ1n) is 9.93. The zero-order chi connectivity index (χ0) is 20.4. The average Bonchev–Trinajstić information content (AvgIpc) is 3.34. The summed E-state index contributed by atoms with van der Waals surface area (Å²) in [7, 11) is 0. The summed E-state index contributed by atoms with van der Waals surface area (Å²) in [6.07, 6.45) is 3.98. The number of aryl methyl sites for hydroxylation is 1. The molecule has 0 unspecified atom stereocenters. The highest BCUT2D eigenvalue weighted by molar-refractivity contribution is 7.80. The van der Waals surface area contributed by atoms with E-state index in [0.29, 0.717) is 0 Å². The van der Waals surface area contributed by atoms with Gasteiger partial charge in [-0.15, -0.1) is 0 Å². The summed E-state index contributed by atoms with van der Waals surface area (Å²) >= 11 is 12.0. The molecule has 4 rings (SSSR count). The summed E-state index contributed by atoms with van der Waals surface area (Å²) in [6.45, 7) is 5.06. The first-order valence-corrected chi connectivity index (χ1v) is 10.7. The van der Waals surface area contributed by atoms with E-state index in [4.69, 9.17) is 28.2 Å². The molecule has 29 heavy (non-hydrogen) atoms. The summed E-state index contributed by atoms with van der Waals surface area (Å²) in [5.41, 5.74) is 2.97. The van der Waals surface area contributed by atoms with Crippen LogP contribution in [0.1, 0.15) is 48.9 Å². The molecule has 1 aliphatic heterocycles. The van der Waals surface area contributed by atoms with Gasteiger partial charge >= 0.3 is 0 Å². The van der Waals surface area contributed by atoms with Crippen LogP contribution in [0.4, 0.5) is 0 Å². The minimum absolute atomic E-state index is 0.0429. The van der Waals surface area contributed by atoms with Gasteiger partial charge in [-0.1, -0.05) is 43.1 Å². The highest BCUT2D eigenvalue weighted by atomic mass is 35.5. The van der Waals surface area contributed by atoms with Gasteiger partial charge in [-0.05, 0) is 61.5 Å². The molecule has 0 saturated carbocycles. The van der Waals surface area contributed by atoms with Crippen LogP contribution < -0.4 is 5.32 Å². The Bertz CT molecular complexity index is 1000. The van der Waals surface area contributed by atoms with Crippen molar-refractivity contribution in [1.82, 2.24) is 15.2 Å². The molecular weight excluding hydrogens is 402 g/mol. The number of nitrogens with zero attached hydrogens (tertiary/aromatic N) is 2. The third kappa shape index (κ3) is 4.02. The lowest BCUT2D eigenvalue weighted by Crippen LogP contribution is -2.30. The quantitative estimate of drug-likeness (QED) is 0.485. The molecule has 3 aromatic rings. The lowest BCUT2D eigenvalue weighted by Gasteiger charge is -2.25. The number of rotatable bonds is 6. The van der Waals surface area contributed by atoms with Crippen LogP contribution in [0.25, 0.3) is 11.3 Å². The van der Waals surface area contributed by atoms with Gasteiger partial charge in [0.25, 0.3) is 0 Å². The molecule has 0 bridgehead atoms. The number of aromatic nitrogens is 1. The molecule has 1 saturated heterocycles. The van der Waals surface area contributed by atoms with E-state index in [9.17, 15) is 0 Å². The molecule has 4 nitrogen and oxygen atoms in total. The van der Waals surface area contributed by atoms with E-state index in [-0.39, 0.29) is 12.1 Å². The third-order valence-electron chi connectivity index (χ3n) is 5.32. The summed E-state index contributed by atoms with van der Waals surface area (Å²) in [6, 6.07) is 15.9. The molecule has 0 aliphatic carbocycles. The number of furan rings is 1. The number of unbranched alkanes of at least 4 members (excludes halogenated alkanes) is 1. The fourth-order valence-electron chi connectivity index (χ4n) is 3.70. The van der Waals surface area contributed by atoms with Gasteiger partial charge in [0.15, 0.2) is 5.11 Å². The third-order valence-corrected chi connectivity index (χ3v) is 6.08. The highest BCUT2D eigenvalue weighted by Gasteiger charge is 2.41. The van der Waals surface area contributed by atoms with Crippen molar-refractivity contribution in [2.24, 2.45) is 0 Å². The Balaban J connectivity index is 1.71. The second-order valence-electron chi connectivity index (χ2n) is 7.34. The molecular formula is C23H24ClN3OS. The van der Waals surface area contributed by atoms with Crippen molar-refractivity contribution in [3.05, 3.63) is 76.8 Å². The van der Waals surface area contributed by atoms with Gasteiger partial charge in [0, 0.05) is 23.3 Å². The van der Waals surface area contributed by atoms with E-state index in [0.717, 1.165) is 57.9 Å². The van der Waals surface area contributed by atoms with Gasteiger partial charge in [0.2, 0.25) is 0 Å². The molecule has 3 heterocycles. The Hall–Kier alpha value is -2.37. The fourth-order valence-corrected chi connectivity index (χ4v) is 4.21. The molecule has 0 spiro atoms. The Labute approximate surface area is 181 Å². The van der Waals surface area contributed by atoms with Gasteiger partial charge in [-0.2, -0.15) is 0 Å². The number of hydrogen-bond acceptors (Lipinski definition) is 3. The highest BCUT2D eigenvalue weighted by Crippen LogP contribution is 2.40. The topological polar surface area (TPSA) is 41.3 Å². The number of hydrogen-bond donors (Lipinski definition) is 1. The summed E-state index contributed by atoms with van der Waals surface area (Å²) in [4.78, 5) is 6.79. The lowest BCUT2D eigenvalue weighted by molar-refractivity contribution is 0.271. The Morgan fingerprint density at radius 2 is 2.07 bits per heavy atom. The first-order chi connectivity index (χ1) is 14.1. The largest absolute Gasteiger partial charge is 0.459 e. The van der Waals surface area contributed by atoms with E-state index < -0.39 is 0 Å². The van der Waals surface area contributed by atoms with Gasteiger partial charge < -0.3 is 14.6 Å². The molecule has 1 fully saturated rings. The van der Waals surface area contributed by atoms with E-state index in [1.54, 1.807) is 0 Å². The lowest BCUT2D eigenvalue weighted by atomic mass is 10.0. The van der Waals surface area contributed by atoms with Crippen molar-refractivity contribution in [3.8, 4) is 11.3 Å². The summed E-state index contributed by atoms with van der Waals surface area (Å²) in [5.74, 6) is 1.67. The van der Waals surface area contributed by atoms with Crippen LogP contribution in [-0.2, 0) is 0 Å². The minimum Gasteiger partial charge on any atom is -0.459 e. The van der Waals surface area contributed by atoms with Crippen LogP contribution in [0.2, 0.25) is 5.02 Å². The second kappa shape index (κ2) is 8.56. The number of thiocarbonyl (C=S) groups is 1. The van der Waals surface area contributed by atoms with Crippen molar-refractivity contribution < 1.29 is 4.42 Å². The zero-order valence-electron chi connectivity index (χ0n) is 16.6. The number of benzene rings is 1. The maximum atomic E-state index is 6.33. The van der Waals surface area contributed by atoms with Crippen molar-refractivity contribution in [1.29, 1.82) is 0 Å². The molecule has 1 aliphatic rings. The number of nitrogens with one attached hydrogen (secondary N) is 1. The predicted octanol–water partition coefficient (Wildman–Crippen LogP) is 6.08. The van der Waals surface area contributed by atoms with Crippen LogP contribution in [0, 0.1) is 6.92 Å². The van der Waals surface area contributed by atoms with Crippen LogP contribution in [0.3, 0.4) is 0 Å².